The number of carbonyl (C=O) groups is 1. The average Bonchev–Trinajstić information content (AvgIpc) is 3.19. The maximum Gasteiger partial charge on any atom is 0.418 e. The van der Waals surface area contributed by atoms with Crippen LogP contribution in [-0.4, -0.2) is 47.2 Å². The van der Waals surface area contributed by atoms with Gasteiger partial charge in [0.05, 0.1) is 5.56 Å². The van der Waals surface area contributed by atoms with Crippen molar-refractivity contribution in [3.05, 3.63) is 47.3 Å². The number of anilines is 2. The van der Waals surface area contributed by atoms with E-state index in [9.17, 15) is 23.1 Å². The van der Waals surface area contributed by atoms with Gasteiger partial charge in [-0.15, -0.1) is 0 Å². The molecule has 2 unspecified atom stereocenters. The van der Waals surface area contributed by atoms with Crippen LogP contribution in [0.25, 0.3) is 0 Å². The van der Waals surface area contributed by atoms with Crippen molar-refractivity contribution in [1.29, 1.82) is 0 Å². The number of aromatic nitrogens is 2. The van der Waals surface area contributed by atoms with Gasteiger partial charge in [-0.25, -0.2) is 14.8 Å². The number of para-hydroxylation sites is 1. The molecule has 1 N–H and O–H groups in total. The number of benzene rings is 1. The average molecular weight is 392 g/mol. The van der Waals surface area contributed by atoms with Crippen molar-refractivity contribution in [2.45, 2.75) is 13.1 Å². The summed E-state index contributed by atoms with van der Waals surface area (Å²) in [5.41, 5.74) is 0.122. The van der Waals surface area contributed by atoms with E-state index in [1.807, 2.05) is 4.90 Å². The van der Waals surface area contributed by atoms with Crippen molar-refractivity contribution < 1.29 is 23.1 Å². The second-order valence-corrected chi connectivity index (χ2v) is 7.34. The fourth-order valence-electron chi connectivity index (χ4n) is 4.15. The van der Waals surface area contributed by atoms with Gasteiger partial charge >= 0.3 is 12.1 Å². The number of aryl methyl sites for hydroxylation is 1. The highest BCUT2D eigenvalue weighted by atomic mass is 19.4. The Bertz CT molecular complexity index is 904. The van der Waals surface area contributed by atoms with Gasteiger partial charge in [-0.3, -0.25) is 0 Å². The molecule has 2 aromatic rings. The van der Waals surface area contributed by atoms with Gasteiger partial charge in [0.1, 0.15) is 0 Å². The molecule has 0 bridgehead atoms. The Morgan fingerprint density at radius 1 is 1.07 bits per heavy atom. The van der Waals surface area contributed by atoms with Gasteiger partial charge < -0.3 is 14.9 Å². The normalized spacial score (nSPS) is 21.9. The SMILES string of the molecule is Cc1cc(C(=O)O)nc(N2CC3CN(c4ccccc4C(F)(F)F)CC3C2)n1. The number of hydrogen-bond acceptors (Lipinski definition) is 5. The first-order valence-electron chi connectivity index (χ1n) is 8.97. The summed E-state index contributed by atoms with van der Waals surface area (Å²) < 4.78 is 40.0. The first-order valence-corrected chi connectivity index (χ1v) is 8.97. The zero-order chi connectivity index (χ0) is 20.1. The predicted octanol–water partition coefficient (Wildman–Crippen LogP) is 3.07. The van der Waals surface area contributed by atoms with Gasteiger partial charge in [0.25, 0.3) is 0 Å². The molecular weight excluding hydrogens is 373 g/mol. The summed E-state index contributed by atoms with van der Waals surface area (Å²) in [5, 5.41) is 9.18. The smallest absolute Gasteiger partial charge is 0.418 e. The van der Waals surface area contributed by atoms with E-state index in [1.165, 1.54) is 18.2 Å². The van der Waals surface area contributed by atoms with Crippen molar-refractivity contribution in [3.63, 3.8) is 0 Å². The summed E-state index contributed by atoms with van der Waals surface area (Å²) in [6.07, 6.45) is -4.39. The number of hydrogen-bond donors (Lipinski definition) is 1. The molecule has 0 aliphatic carbocycles. The van der Waals surface area contributed by atoms with Crippen LogP contribution >= 0.6 is 0 Å². The fraction of sp³-hybridized carbons (Fsp3) is 0.421. The second kappa shape index (κ2) is 6.65. The van der Waals surface area contributed by atoms with E-state index in [0.29, 0.717) is 37.8 Å². The van der Waals surface area contributed by atoms with Crippen LogP contribution in [0.4, 0.5) is 24.8 Å². The number of alkyl halides is 3. The monoisotopic (exact) mass is 392 g/mol. The largest absolute Gasteiger partial charge is 0.477 e. The number of rotatable bonds is 3. The molecule has 28 heavy (non-hydrogen) atoms. The van der Waals surface area contributed by atoms with Crippen LogP contribution in [0, 0.1) is 18.8 Å². The maximum absolute atomic E-state index is 13.3. The number of carboxylic acid groups (broad SMARTS) is 1. The number of halogens is 3. The van der Waals surface area contributed by atoms with E-state index < -0.39 is 17.7 Å². The lowest BCUT2D eigenvalue weighted by Gasteiger charge is -2.26. The molecule has 3 heterocycles. The third-order valence-electron chi connectivity index (χ3n) is 5.38. The number of nitrogens with zero attached hydrogens (tertiary/aromatic N) is 4. The first kappa shape index (κ1) is 18.5. The molecule has 148 valence electrons. The van der Waals surface area contributed by atoms with Crippen molar-refractivity contribution in [3.8, 4) is 0 Å². The van der Waals surface area contributed by atoms with Gasteiger partial charge in [-0.2, -0.15) is 13.2 Å². The highest BCUT2D eigenvalue weighted by Gasteiger charge is 2.43. The Kier molecular flexibility index (Phi) is 4.40. The lowest BCUT2D eigenvalue weighted by atomic mass is 10.0. The van der Waals surface area contributed by atoms with Crippen LogP contribution in [0.2, 0.25) is 0 Å². The lowest BCUT2D eigenvalue weighted by molar-refractivity contribution is -0.137. The molecule has 0 radical (unpaired) electrons. The number of fused-ring (bicyclic) bond motifs is 1. The van der Waals surface area contributed by atoms with Gasteiger partial charge in [-0.1, -0.05) is 12.1 Å². The number of aromatic carboxylic acids is 1. The zero-order valence-electron chi connectivity index (χ0n) is 15.1. The van der Waals surface area contributed by atoms with Crippen LogP contribution in [0.15, 0.2) is 30.3 Å². The van der Waals surface area contributed by atoms with Gasteiger partial charge in [0.2, 0.25) is 5.95 Å². The zero-order valence-corrected chi connectivity index (χ0v) is 15.1. The van der Waals surface area contributed by atoms with Crippen LogP contribution < -0.4 is 9.80 Å². The molecule has 6 nitrogen and oxygen atoms in total. The molecule has 0 amide bonds. The van der Waals surface area contributed by atoms with Gasteiger partial charge in [-0.05, 0) is 25.1 Å². The molecule has 2 aliphatic rings. The summed E-state index contributed by atoms with van der Waals surface area (Å²) in [4.78, 5) is 23.4. The van der Waals surface area contributed by atoms with Crippen molar-refractivity contribution in [1.82, 2.24) is 9.97 Å². The van der Waals surface area contributed by atoms with E-state index in [-0.39, 0.29) is 23.2 Å². The van der Waals surface area contributed by atoms with Crippen molar-refractivity contribution in [2.75, 3.05) is 36.0 Å². The maximum atomic E-state index is 13.3. The van der Waals surface area contributed by atoms with Crippen LogP contribution in [0.3, 0.4) is 0 Å². The Labute approximate surface area is 159 Å². The quantitative estimate of drug-likeness (QED) is 0.866. The molecule has 2 aliphatic heterocycles. The summed E-state index contributed by atoms with van der Waals surface area (Å²) in [6, 6.07) is 7.08. The minimum atomic E-state index is -4.39. The third kappa shape index (κ3) is 3.36. The van der Waals surface area contributed by atoms with E-state index in [0.717, 1.165) is 6.07 Å². The molecule has 1 aromatic heterocycles. The van der Waals surface area contributed by atoms with Crippen LogP contribution in [0.1, 0.15) is 21.7 Å². The second-order valence-electron chi connectivity index (χ2n) is 7.34. The Morgan fingerprint density at radius 3 is 2.29 bits per heavy atom. The molecule has 0 saturated carbocycles. The molecule has 2 fully saturated rings. The van der Waals surface area contributed by atoms with Gasteiger partial charge in [0.15, 0.2) is 5.69 Å². The highest BCUT2D eigenvalue weighted by Crippen LogP contribution is 2.41. The van der Waals surface area contributed by atoms with Crippen LogP contribution in [-0.2, 0) is 6.18 Å². The molecule has 4 rings (SSSR count). The molecule has 2 atom stereocenters. The van der Waals surface area contributed by atoms with Crippen LogP contribution in [0.5, 0.6) is 0 Å². The topological polar surface area (TPSA) is 69.6 Å². The minimum absolute atomic E-state index is 0.0553. The Balaban J connectivity index is 1.51. The number of carboxylic acids is 1. The van der Waals surface area contributed by atoms with E-state index in [1.54, 1.807) is 17.9 Å². The minimum Gasteiger partial charge on any atom is -0.477 e. The Hall–Kier alpha value is -2.84. The van der Waals surface area contributed by atoms with Crippen molar-refractivity contribution >= 4 is 17.6 Å². The van der Waals surface area contributed by atoms with Gasteiger partial charge in [0, 0.05) is 49.4 Å². The Morgan fingerprint density at radius 2 is 1.68 bits per heavy atom. The summed E-state index contributed by atoms with van der Waals surface area (Å²) >= 11 is 0. The predicted molar refractivity (Wildman–Crippen MR) is 96.6 cm³/mol. The van der Waals surface area contributed by atoms with E-state index >= 15 is 0 Å². The summed E-state index contributed by atoms with van der Waals surface area (Å²) in [7, 11) is 0. The molecule has 1 aromatic carbocycles. The fourth-order valence-corrected chi connectivity index (χ4v) is 4.15. The summed E-state index contributed by atoms with van der Waals surface area (Å²) in [5.74, 6) is -0.382. The standard InChI is InChI=1S/C19H19F3N4O2/c1-11-6-15(17(27)28)24-18(23-11)26-9-12-7-25(8-13(12)10-26)16-5-3-2-4-14(16)19(20,21)22/h2-6,12-13H,7-10H2,1H3,(H,27,28). The van der Waals surface area contributed by atoms with E-state index in [4.69, 9.17) is 0 Å². The summed E-state index contributed by atoms with van der Waals surface area (Å²) in [6.45, 7) is 3.94. The molecular formula is C19H19F3N4O2. The molecule has 2 saturated heterocycles. The van der Waals surface area contributed by atoms with Crippen molar-refractivity contribution in [2.24, 2.45) is 11.8 Å². The lowest BCUT2D eigenvalue weighted by Crippen LogP contribution is -2.31. The molecule has 0 spiro atoms. The first-order chi connectivity index (χ1) is 13.2. The third-order valence-corrected chi connectivity index (χ3v) is 5.38. The highest BCUT2D eigenvalue weighted by molar-refractivity contribution is 5.85. The molecule has 9 heteroatoms. The van der Waals surface area contributed by atoms with E-state index in [2.05, 4.69) is 9.97 Å².